The maximum atomic E-state index is 12.3. The Bertz CT molecular complexity index is 679. The molecule has 0 saturated carbocycles. The predicted molar refractivity (Wildman–Crippen MR) is 89.0 cm³/mol. The molecule has 0 bridgehead atoms. The van der Waals surface area contributed by atoms with Gasteiger partial charge in [0, 0.05) is 24.8 Å². The van der Waals surface area contributed by atoms with Crippen LogP contribution >= 0.6 is 0 Å². The van der Waals surface area contributed by atoms with Gasteiger partial charge in [-0.2, -0.15) is 5.10 Å². The first-order valence-electron chi connectivity index (χ1n) is 7.76. The minimum atomic E-state index is -0.220. The minimum absolute atomic E-state index is 0.161. The molecule has 2 heterocycles. The number of carbonyl (C=O) groups excluding carboxylic acids is 1. The van der Waals surface area contributed by atoms with Crippen LogP contribution in [0.25, 0.3) is 0 Å². The van der Waals surface area contributed by atoms with Crippen molar-refractivity contribution < 1.29 is 9.21 Å². The molecular formula is C17H26N4O2. The number of nitrogens with zero attached hydrogens (tertiary/aromatic N) is 2. The van der Waals surface area contributed by atoms with Gasteiger partial charge in [-0.15, -0.1) is 0 Å². The van der Waals surface area contributed by atoms with Crippen LogP contribution in [0, 0.1) is 19.3 Å². The fourth-order valence-electron chi connectivity index (χ4n) is 2.40. The maximum Gasteiger partial charge on any atom is 0.315 e. The van der Waals surface area contributed by atoms with Crippen LogP contribution in [0.15, 0.2) is 22.7 Å². The van der Waals surface area contributed by atoms with E-state index < -0.39 is 0 Å². The zero-order chi connectivity index (χ0) is 17.2. The number of amides is 2. The molecule has 0 radical (unpaired) electrons. The number of carbonyl (C=O) groups is 1. The van der Waals surface area contributed by atoms with Crippen molar-refractivity contribution in [1.82, 2.24) is 20.4 Å². The molecule has 23 heavy (non-hydrogen) atoms. The lowest BCUT2D eigenvalue weighted by molar-refractivity contribution is 0.206. The lowest BCUT2D eigenvalue weighted by Crippen LogP contribution is -2.42. The van der Waals surface area contributed by atoms with Crippen molar-refractivity contribution in [3.8, 4) is 0 Å². The number of rotatable bonds is 4. The smallest absolute Gasteiger partial charge is 0.315 e. The molecule has 6 heteroatoms. The van der Waals surface area contributed by atoms with Crippen molar-refractivity contribution in [3.63, 3.8) is 0 Å². The molecule has 126 valence electrons. The van der Waals surface area contributed by atoms with Crippen molar-refractivity contribution in [2.75, 3.05) is 0 Å². The molecule has 0 saturated heterocycles. The van der Waals surface area contributed by atoms with Crippen molar-refractivity contribution in [1.29, 1.82) is 0 Å². The van der Waals surface area contributed by atoms with Gasteiger partial charge in [0.15, 0.2) is 0 Å². The van der Waals surface area contributed by atoms with E-state index in [0.717, 1.165) is 22.8 Å². The highest BCUT2D eigenvalue weighted by molar-refractivity contribution is 5.74. The molecule has 2 N–H and O–H groups in total. The monoisotopic (exact) mass is 318 g/mol. The first-order chi connectivity index (χ1) is 10.7. The molecule has 2 amide bonds. The fourth-order valence-corrected chi connectivity index (χ4v) is 2.40. The van der Waals surface area contributed by atoms with Crippen LogP contribution in [0.2, 0.25) is 0 Å². The summed E-state index contributed by atoms with van der Waals surface area (Å²) in [6.45, 7) is 10.5. The third-order valence-corrected chi connectivity index (χ3v) is 3.96. The Balaban J connectivity index is 2.02. The quantitative estimate of drug-likeness (QED) is 0.909. The Morgan fingerprint density at radius 1 is 1.35 bits per heavy atom. The Kier molecular flexibility index (Phi) is 4.82. The van der Waals surface area contributed by atoms with E-state index in [1.54, 1.807) is 10.9 Å². The van der Waals surface area contributed by atoms with Gasteiger partial charge in [0.25, 0.3) is 0 Å². The van der Waals surface area contributed by atoms with Gasteiger partial charge in [-0.05, 0) is 31.4 Å². The Morgan fingerprint density at radius 3 is 2.52 bits per heavy atom. The van der Waals surface area contributed by atoms with Gasteiger partial charge < -0.3 is 15.1 Å². The third kappa shape index (κ3) is 4.15. The number of nitrogens with one attached hydrogen (secondary N) is 2. The molecular weight excluding hydrogens is 292 g/mol. The van der Waals surface area contributed by atoms with Gasteiger partial charge >= 0.3 is 6.03 Å². The van der Waals surface area contributed by atoms with E-state index in [9.17, 15) is 4.79 Å². The van der Waals surface area contributed by atoms with E-state index in [-0.39, 0.29) is 17.5 Å². The standard InChI is InChI=1S/C17H26N4O2/c1-11-7-8-14(23-11)15(17(3,4)5)20-16(22)18-9-13-10-19-21(6)12(13)2/h7-8,10,15H,9H2,1-6H3,(H2,18,20,22)/t15-/m1/s1. The summed E-state index contributed by atoms with van der Waals surface area (Å²) in [6.07, 6.45) is 1.77. The van der Waals surface area contributed by atoms with E-state index in [2.05, 4.69) is 36.5 Å². The second-order valence-electron chi connectivity index (χ2n) is 6.95. The summed E-state index contributed by atoms with van der Waals surface area (Å²) in [7, 11) is 1.88. The molecule has 6 nitrogen and oxygen atoms in total. The highest BCUT2D eigenvalue weighted by atomic mass is 16.3. The number of aromatic nitrogens is 2. The number of hydrogen-bond acceptors (Lipinski definition) is 3. The normalized spacial score (nSPS) is 13.0. The van der Waals surface area contributed by atoms with Gasteiger partial charge in [0.05, 0.1) is 12.2 Å². The zero-order valence-corrected chi connectivity index (χ0v) is 14.7. The van der Waals surface area contributed by atoms with Gasteiger partial charge in [0.2, 0.25) is 0 Å². The van der Waals surface area contributed by atoms with Gasteiger partial charge in [-0.3, -0.25) is 4.68 Å². The summed E-state index contributed by atoms with van der Waals surface area (Å²) >= 11 is 0. The summed E-state index contributed by atoms with van der Waals surface area (Å²) in [4.78, 5) is 12.3. The zero-order valence-electron chi connectivity index (χ0n) is 14.7. The topological polar surface area (TPSA) is 72.1 Å². The van der Waals surface area contributed by atoms with Crippen LogP contribution in [0.5, 0.6) is 0 Å². The second kappa shape index (κ2) is 6.48. The van der Waals surface area contributed by atoms with Crippen LogP contribution in [0.4, 0.5) is 4.79 Å². The average molecular weight is 318 g/mol. The van der Waals surface area contributed by atoms with Crippen molar-refractivity contribution in [2.24, 2.45) is 12.5 Å². The van der Waals surface area contributed by atoms with Gasteiger partial charge in [-0.1, -0.05) is 20.8 Å². The predicted octanol–water partition coefficient (Wildman–Crippen LogP) is 3.22. The SMILES string of the molecule is Cc1ccc([C@@H](NC(=O)NCc2cnn(C)c2C)C(C)(C)C)o1. The number of furan rings is 1. The number of hydrogen-bond donors (Lipinski definition) is 2. The van der Waals surface area contributed by atoms with Crippen molar-refractivity contribution in [3.05, 3.63) is 41.1 Å². The lowest BCUT2D eigenvalue weighted by Gasteiger charge is -2.29. The molecule has 0 spiro atoms. The molecule has 0 aromatic carbocycles. The van der Waals surface area contributed by atoms with Crippen LogP contribution in [0.3, 0.4) is 0 Å². The largest absolute Gasteiger partial charge is 0.464 e. The molecule has 2 aromatic rings. The summed E-state index contributed by atoms with van der Waals surface area (Å²) < 4.78 is 7.49. The van der Waals surface area contributed by atoms with E-state index in [4.69, 9.17) is 4.42 Å². The third-order valence-electron chi connectivity index (χ3n) is 3.96. The second-order valence-corrected chi connectivity index (χ2v) is 6.95. The van der Waals surface area contributed by atoms with Crippen molar-refractivity contribution >= 4 is 6.03 Å². The summed E-state index contributed by atoms with van der Waals surface area (Å²) in [5.74, 6) is 1.60. The lowest BCUT2D eigenvalue weighted by atomic mass is 9.85. The molecule has 2 aromatic heterocycles. The Morgan fingerprint density at radius 2 is 2.04 bits per heavy atom. The molecule has 0 aliphatic heterocycles. The Labute approximate surface area is 137 Å². The van der Waals surface area contributed by atoms with Crippen LogP contribution < -0.4 is 10.6 Å². The summed E-state index contributed by atoms with van der Waals surface area (Å²) in [5.41, 5.74) is 1.88. The van der Waals surface area contributed by atoms with E-state index in [1.165, 1.54) is 0 Å². The molecule has 0 aliphatic carbocycles. The summed E-state index contributed by atoms with van der Waals surface area (Å²) in [6, 6.07) is 3.40. The van der Waals surface area contributed by atoms with Gasteiger partial charge in [0.1, 0.15) is 11.5 Å². The first kappa shape index (κ1) is 17.1. The maximum absolute atomic E-state index is 12.3. The fraction of sp³-hybridized carbons (Fsp3) is 0.529. The van der Waals surface area contributed by atoms with Crippen LogP contribution in [-0.4, -0.2) is 15.8 Å². The van der Waals surface area contributed by atoms with Crippen molar-refractivity contribution in [2.45, 2.75) is 47.2 Å². The molecule has 0 unspecified atom stereocenters. The highest BCUT2D eigenvalue weighted by Gasteiger charge is 2.30. The van der Waals surface area contributed by atoms with Crippen LogP contribution in [0.1, 0.15) is 49.6 Å². The molecule has 0 aliphatic rings. The molecule has 1 atom stereocenters. The average Bonchev–Trinajstić information content (AvgIpc) is 3.01. The highest BCUT2D eigenvalue weighted by Crippen LogP contribution is 2.33. The summed E-state index contributed by atoms with van der Waals surface area (Å²) in [5, 5.41) is 10.1. The molecule has 2 rings (SSSR count). The van der Waals surface area contributed by atoms with Gasteiger partial charge in [-0.25, -0.2) is 4.79 Å². The van der Waals surface area contributed by atoms with E-state index >= 15 is 0 Å². The first-order valence-corrected chi connectivity index (χ1v) is 7.76. The molecule has 0 fully saturated rings. The Hall–Kier alpha value is -2.24. The number of aryl methyl sites for hydroxylation is 2. The van der Waals surface area contributed by atoms with E-state index in [1.807, 2.05) is 33.0 Å². The minimum Gasteiger partial charge on any atom is -0.464 e. The van der Waals surface area contributed by atoms with Crippen LogP contribution in [-0.2, 0) is 13.6 Å². The number of urea groups is 1. The van der Waals surface area contributed by atoms with E-state index in [0.29, 0.717) is 6.54 Å².